The number of carbonyl (C=O) groups is 2. The quantitative estimate of drug-likeness (QED) is 0.546. The van der Waals surface area contributed by atoms with Crippen LogP contribution in [0.3, 0.4) is 0 Å². The van der Waals surface area contributed by atoms with E-state index < -0.39 is 0 Å². The van der Waals surface area contributed by atoms with E-state index >= 15 is 0 Å². The van der Waals surface area contributed by atoms with Gasteiger partial charge in [0.2, 0.25) is 5.91 Å². The molecule has 0 radical (unpaired) electrons. The molecule has 0 fully saturated rings. The molecule has 8 heteroatoms. The van der Waals surface area contributed by atoms with Crippen molar-refractivity contribution in [3.05, 3.63) is 77.4 Å². The molecule has 3 aromatic rings. The van der Waals surface area contributed by atoms with Crippen molar-refractivity contribution >= 4 is 40.6 Å². The maximum absolute atomic E-state index is 12.3. The number of benzene rings is 2. The third-order valence-electron chi connectivity index (χ3n) is 3.94. The summed E-state index contributed by atoms with van der Waals surface area (Å²) < 4.78 is 5.09. The van der Waals surface area contributed by atoms with Gasteiger partial charge in [-0.05, 0) is 60.7 Å². The maximum Gasteiger partial charge on any atom is 0.255 e. The second-order valence-electron chi connectivity index (χ2n) is 6.02. The third-order valence-corrected chi connectivity index (χ3v) is 4.17. The third kappa shape index (κ3) is 5.95. The van der Waals surface area contributed by atoms with Crippen LogP contribution in [0.4, 0.5) is 17.2 Å². The van der Waals surface area contributed by atoms with Crippen LogP contribution in [0.15, 0.2) is 66.9 Å². The summed E-state index contributed by atoms with van der Waals surface area (Å²) in [5, 5.41) is 8.97. The summed E-state index contributed by atoms with van der Waals surface area (Å²) in [6, 6.07) is 17.2. The second-order valence-corrected chi connectivity index (χ2v) is 6.46. The van der Waals surface area contributed by atoms with Crippen LogP contribution in [0.5, 0.6) is 5.75 Å². The molecule has 2 amide bonds. The molecule has 0 saturated carbocycles. The number of methoxy groups -OCH3 is 1. The molecule has 0 aliphatic carbocycles. The molecule has 3 rings (SSSR count). The van der Waals surface area contributed by atoms with E-state index in [0.29, 0.717) is 33.5 Å². The number of anilines is 3. The molecule has 0 aliphatic heterocycles. The van der Waals surface area contributed by atoms with Crippen LogP contribution in [0.25, 0.3) is 0 Å². The molecular weight excluding hydrogens is 392 g/mol. The molecule has 29 heavy (non-hydrogen) atoms. The number of aromatic nitrogens is 1. The Kier molecular flexibility index (Phi) is 6.65. The molecule has 2 aromatic carbocycles. The Bertz CT molecular complexity index is 974. The van der Waals surface area contributed by atoms with Gasteiger partial charge in [-0.15, -0.1) is 0 Å². The van der Waals surface area contributed by atoms with Crippen molar-refractivity contribution < 1.29 is 14.3 Å². The standard InChI is InChI=1S/C21H19ClN4O3/c1-29-18-9-7-17(8-10-18)25-21(28)14-2-5-16(6-3-14)23-13-20(27)26-19-11-4-15(22)12-24-19/h2-12,23H,13H2,1H3,(H,25,28)(H,24,26,27). The first kappa shape index (κ1) is 20.2. The molecule has 0 unspecified atom stereocenters. The number of nitrogens with zero attached hydrogens (tertiary/aromatic N) is 1. The predicted octanol–water partition coefficient (Wildman–Crippen LogP) is 4.05. The van der Waals surface area contributed by atoms with Crippen molar-refractivity contribution in [1.29, 1.82) is 0 Å². The molecule has 0 spiro atoms. The number of rotatable bonds is 7. The van der Waals surface area contributed by atoms with E-state index in [1.165, 1.54) is 6.20 Å². The van der Waals surface area contributed by atoms with Crippen LogP contribution < -0.4 is 20.7 Å². The highest BCUT2D eigenvalue weighted by Crippen LogP contribution is 2.17. The van der Waals surface area contributed by atoms with Crippen LogP contribution in [0.2, 0.25) is 5.02 Å². The van der Waals surface area contributed by atoms with Crippen LogP contribution in [0, 0.1) is 0 Å². The van der Waals surface area contributed by atoms with E-state index in [-0.39, 0.29) is 18.4 Å². The minimum absolute atomic E-state index is 0.0572. The molecule has 3 N–H and O–H groups in total. The number of hydrogen-bond acceptors (Lipinski definition) is 5. The van der Waals surface area contributed by atoms with Crippen LogP contribution in [-0.2, 0) is 4.79 Å². The smallest absolute Gasteiger partial charge is 0.255 e. The molecule has 148 valence electrons. The minimum Gasteiger partial charge on any atom is -0.497 e. The van der Waals surface area contributed by atoms with Gasteiger partial charge in [0.15, 0.2) is 0 Å². The van der Waals surface area contributed by atoms with Gasteiger partial charge in [0.05, 0.1) is 18.7 Å². The Hall–Kier alpha value is -3.58. The summed E-state index contributed by atoms with van der Waals surface area (Å²) in [7, 11) is 1.58. The Labute approximate surface area is 173 Å². The molecule has 0 bridgehead atoms. The van der Waals surface area contributed by atoms with Gasteiger partial charge in [-0.25, -0.2) is 4.98 Å². The van der Waals surface area contributed by atoms with Crippen molar-refractivity contribution in [2.75, 3.05) is 29.6 Å². The average Bonchev–Trinajstić information content (AvgIpc) is 2.75. The first-order chi connectivity index (χ1) is 14.0. The lowest BCUT2D eigenvalue weighted by Crippen LogP contribution is -2.22. The topological polar surface area (TPSA) is 92.4 Å². The number of amides is 2. The van der Waals surface area contributed by atoms with E-state index in [1.807, 2.05) is 0 Å². The summed E-state index contributed by atoms with van der Waals surface area (Å²) in [5.74, 6) is 0.662. The number of hydrogen-bond donors (Lipinski definition) is 3. The summed E-state index contributed by atoms with van der Waals surface area (Å²) in [6.07, 6.45) is 1.46. The largest absolute Gasteiger partial charge is 0.497 e. The Balaban J connectivity index is 1.50. The van der Waals surface area contributed by atoms with Crippen LogP contribution in [0.1, 0.15) is 10.4 Å². The summed E-state index contributed by atoms with van der Waals surface area (Å²) >= 11 is 5.76. The molecule has 1 aromatic heterocycles. The van der Waals surface area contributed by atoms with Gasteiger partial charge in [-0.3, -0.25) is 9.59 Å². The minimum atomic E-state index is -0.249. The van der Waals surface area contributed by atoms with Crippen LogP contribution >= 0.6 is 11.6 Å². The average molecular weight is 411 g/mol. The Morgan fingerprint density at radius 3 is 2.24 bits per heavy atom. The SMILES string of the molecule is COc1ccc(NC(=O)c2ccc(NCC(=O)Nc3ccc(Cl)cn3)cc2)cc1. The normalized spacial score (nSPS) is 10.1. The Morgan fingerprint density at radius 1 is 0.931 bits per heavy atom. The molecular formula is C21H19ClN4O3. The van der Waals surface area contributed by atoms with E-state index in [0.717, 1.165) is 0 Å². The van der Waals surface area contributed by atoms with Gasteiger partial charge in [-0.2, -0.15) is 0 Å². The number of pyridine rings is 1. The van der Waals surface area contributed by atoms with Gasteiger partial charge >= 0.3 is 0 Å². The highest BCUT2D eigenvalue weighted by Gasteiger charge is 2.07. The van der Waals surface area contributed by atoms with Crippen molar-refractivity contribution in [2.24, 2.45) is 0 Å². The van der Waals surface area contributed by atoms with Gasteiger partial charge in [0.25, 0.3) is 5.91 Å². The fourth-order valence-electron chi connectivity index (χ4n) is 2.44. The number of ether oxygens (including phenoxy) is 1. The highest BCUT2D eigenvalue weighted by atomic mass is 35.5. The van der Waals surface area contributed by atoms with Gasteiger partial charge in [0, 0.05) is 23.1 Å². The molecule has 0 atom stereocenters. The van der Waals surface area contributed by atoms with Gasteiger partial charge in [-0.1, -0.05) is 11.6 Å². The highest BCUT2D eigenvalue weighted by molar-refractivity contribution is 6.30. The lowest BCUT2D eigenvalue weighted by atomic mass is 10.2. The van der Waals surface area contributed by atoms with E-state index in [4.69, 9.17) is 16.3 Å². The zero-order valence-electron chi connectivity index (χ0n) is 15.6. The molecule has 0 saturated heterocycles. The first-order valence-electron chi connectivity index (χ1n) is 8.74. The molecule has 0 aliphatic rings. The maximum atomic E-state index is 12.3. The lowest BCUT2D eigenvalue weighted by molar-refractivity contribution is -0.114. The number of halogens is 1. The monoisotopic (exact) mass is 410 g/mol. The number of carbonyl (C=O) groups excluding carboxylic acids is 2. The first-order valence-corrected chi connectivity index (χ1v) is 9.12. The molecule has 7 nitrogen and oxygen atoms in total. The summed E-state index contributed by atoms with van der Waals surface area (Å²) in [6.45, 7) is 0.0572. The summed E-state index contributed by atoms with van der Waals surface area (Å²) in [5.41, 5.74) is 1.89. The zero-order valence-corrected chi connectivity index (χ0v) is 16.4. The predicted molar refractivity (Wildman–Crippen MR) is 114 cm³/mol. The summed E-state index contributed by atoms with van der Waals surface area (Å²) in [4.78, 5) is 28.3. The number of nitrogens with one attached hydrogen (secondary N) is 3. The van der Waals surface area contributed by atoms with Crippen molar-refractivity contribution in [3.8, 4) is 5.75 Å². The van der Waals surface area contributed by atoms with Crippen molar-refractivity contribution in [3.63, 3.8) is 0 Å². The lowest BCUT2D eigenvalue weighted by Gasteiger charge is -2.09. The van der Waals surface area contributed by atoms with Gasteiger partial charge < -0.3 is 20.7 Å². The van der Waals surface area contributed by atoms with E-state index in [2.05, 4.69) is 20.9 Å². The zero-order chi connectivity index (χ0) is 20.6. The van der Waals surface area contributed by atoms with E-state index in [1.54, 1.807) is 67.8 Å². The Morgan fingerprint density at radius 2 is 1.62 bits per heavy atom. The molecule has 1 heterocycles. The fraction of sp³-hybridized carbons (Fsp3) is 0.0952. The fourth-order valence-corrected chi connectivity index (χ4v) is 2.55. The van der Waals surface area contributed by atoms with E-state index in [9.17, 15) is 9.59 Å². The van der Waals surface area contributed by atoms with Gasteiger partial charge in [0.1, 0.15) is 11.6 Å². The van der Waals surface area contributed by atoms with Crippen molar-refractivity contribution in [1.82, 2.24) is 4.98 Å². The van der Waals surface area contributed by atoms with Crippen molar-refractivity contribution in [2.45, 2.75) is 0 Å². The van der Waals surface area contributed by atoms with Crippen LogP contribution in [-0.4, -0.2) is 30.5 Å². The second kappa shape index (κ2) is 9.57.